The van der Waals surface area contributed by atoms with Crippen molar-refractivity contribution in [3.63, 3.8) is 0 Å². The van der Waals surface area contributed by atoms with Gasteiger partial charge in [-0.15, -0.1) is 0 Å². The summed E-state index contributed by atoms with van der Waals surface area (Å²) in [6, 6.07) is 22.7. The molecule has 0 saturated carbocycles. The lowest BCUT2D eigenvalue weighted by Gasteiger charge is -2.23. The van der Waals surface area contributed by atoms with Gasteiger partial charge in [-0.05, 0) is 73.7 Å². The van der Waals surface area contributed by atoms with Crippen LogP contribution in [0.1, 0.15) is 43.0 Å². The molecule has 26 heavy (non-hydrogen) atoms. The van der Waals surface area contributed by atoms with E-state index >= 15 is 0 Å². The standard InChI is InChI=1S/C26H24/c1-16-23-15-18-10-11-20-19-8-6-5-7-17(19)9-12-21(20)25(18)22(23)13-14-24(16)26(2,3)4/h5-14H,15H2,1-4H3. The zero-order chi connectivity index (χ0) is 18.1. The predicted octanol–water partition coefficient (Wildman–Crippen LogP) is 7.17. The Bertz CT molecular complexity index is 1190. The molecule has 5 rings (SSSR count). The van der Waals surface area contributed by atoms with Crippen molar-refractivity contribution in [3.8, 4) is 11.1 Å². The number of fused-ring (bicyclic) bond motifs is 7. The largest absolute Gasteiger partial charge is 0.0616 e. The lowest BCUT2D eigenvalue weighted by atomic mass is 9.81. The van der Waals surface area contributed by atoms with Crippen molar-refractivity contribution in [1.29, 1.82) is 0 Å². The van der Waals surface area contributed by atoms with Gasteiger partial charge in [-0.3, -0.25) is 0 Å². The van der Waals surface area contributed by atoms with Crippen LogP contribution < -0.4 is 0 Å². The highest BCUT2D eigenvalue weighted by molar-refractivity contribution is 6.13. The van der Waals surface area contributed by atoms with Gasteiger partial charge in [0, 0.05) is 0 Å². The van der Waals surface area contributed by atoms with E-state index in [1.807, 2.05) is 0 Å². The minimum absolute atomic E-state index is 0.187. The molecule has 4 aromatic rings. The molecule has 0 heterocycles. The van der Waals surface area contributed by atoms with Gasteiger partial charge in [0.1, 0.15) is 0 Å². The number of hydrogen-bond donors (Lipinski definition) is 0. The van der Waals surface area contributed by atoms with E-state index in [4.69, 9.17) is 0 Å². The third-order valence-corrected chi connectivity index (χ3v) is 6.06. The normalized spacial score (nSPS) is 13.2. The first-order chi connectivity index (χ1) is 12.4. The number of hydrogen-bond acceptors (Lipinski definition) is 0. The topological polar surface area (TPSA) is 0 Å². The van der Waals surface area contributed by atoms with Crippen LogP contribution in [0.4, 0.5) is 0 Å². The van der Waals surface area contributed by atoms with E-state index in [1.165, 1.54) is 54.9 Å². The van der Waals surface area contributed by atoms with Gasteiger partial charge < -0.3 is 0 Å². The maximum Gasteiger partial charge on any atom is -0.00105 e. The Morgan fingerprint density at radius 1 is 0.731 bits per heavy atom. The highest BCUT2D eigenvalue weighted by Crippen LogP contribution is 2.45. The first kappa shape index (κ1) is 15.6. The van der Waals surface area contributed by atoms with Crippen LogP contribution in [-0.4, -0.2) is 0 Å². The van der Waals surface area contributed by atoms with Gasteiger partial charge in [-0.25, -0.2) is 0 Å². The summed E-state index contributed by atoms with van der Waals surface area (Å²) in [5.41, 5.74) is 9.01. The van der Waals surface area contributed by atoms with Gasteiger partial charge in [-0.2, -0.15) is 0 Å². The van der Waals surface area contributed by atoms with Crippen LogP contribution in [0.25, 0.3) is 32.7 Å². The quantitative estimate of drug-likeness (QED) is 0.263. The zero-order valence-electron chi connectivity index (χ0n) is 16.0. The fraction of sp³-hybridized carbons (Fsp3) is 0.231. The van der Waals surface area contributed by atoms with Gasteiger partial charge in [0.15, 0.2) is 0 Å². The Morgan fingerprint density at radius 2 is 1.50 bits per heavy atom. The Hall–Kier alpha value is -2.60. The molecule has 0 atom stereocenters. The fourth-order valence-corrected chi connectivity index (χ4v) is 4.82. The van der Waals surface area contributed by atoms with E-state index in [0.717, 1.165) is 6.42 Å². The monoisotopic (exact) mass is 336 g/mol. The van der Waals surface area contributed by atoms with E-state index in [0.29, 0.717) is 0 Å². The molecule has 0 bridgehead atoms. The smallest absolute Gasteiger partial charge is 0.00105 e. The Labute approximate surface area is 155 Å². The highest BCUT2D eigenvalue weighted by atomic mass is 14.3. The van der Waals surface area contributed by atoms with Crippen LogP contribution in [0.15, 0.2) is 60.7 Å². The Morgan fingerprint density at radius 3 is 2.31 bits per heavy atom. The summed E-state index contributed by atoms with van der Waals surface area (Å²) >= 11 is 0. The number of benzene rings is 4. The van der Waals surface area contributed by atoms with Gasteiger partial charge in [0.25, 0.3) is 0 Å². The molecule has 4 aromatic carbocycles. The second kappa shape index (κ2) is 5.20. The lowest BCUT2D eigenvalue weighted by Crippen LogP contribution is -2.14. The summed E-state index contributed by atoms with van der Waals surface area (Å²) in [5, 5.41) is 5.43. The average molecular weight is 336 g/mol. The summed E-state index contributed by atoms with van der Waals surface area (Å²) in [6.07, 6.45) is 1.06. The average Bonchev–Trinajstić information content (AvgIpc) is 3.00. The molecule has 0 amide bonds. The van der Waals surface area contributed by atoms with Crippen LogP contribution in [0.5, 0.6) is 0 Å². The van der Waals surface area contributed by atoms with Crippen molar-refractivity contribution in [2.45, 2.75) is 39.5 Å². The Kier molecular flexibility index (Phi) is 3.13. The highest BCUT2D eigenvalue weighted by Gasteiger charge is 2.26. The van der Waals surface area contributed by atoms with Gasteiger partial charge in [0.2, 0.25) is 0 Å². The van der Waals surface area contributed by atoms with E-state index < -0.39 is 0 Å². The lowest BCUT2D eigenvalue weighted by molar-refractivity contribution is 0.585. The third kappa shape index (κ3) is 2.08. The third-order valence-electron chi connectivity index (χ3n) is 6.06. The van der Waals surface area contributed by atoms with Crippen molar-refractivity contribution >= 4 is 21.5 Å². The van der Waals surface area contributed by atoms with Crippen molar-refractivity contribution in [3.05, 3.63) is 82.9 Å². The van der Waals surface area contributed by atoms with Crippen LogP contribution in [0, 0.1) is 6.92 Å². The minimum atomic E-state index is 0.187. The molecule has 1 aliphatic rings. The summed E-state index contributed by atoms with van der Waals surface area (Å²) < 4.78 is 0. The van der Waals surface area contributed by atoms with Gasteiger partial charge >= 0.3 is 0 Å². The predicted molar refractivity (Wildman–Crippen MR) is 113 cm³/mol. The summed E-state index contributed by atoms with van der Waals surface area (Å²) in [4.78, 5) is 0. The summed E-state index contributed by atoms with van der Waals surface area (Å²) in [5.74, 6) is 0. The molecule has 0 fully saturated rings. The maximum absolute atomic E-state index is 2.36. The molecular formula is C26H24. The van der Waals surface area contributed by atoms with Crippen LogP contribution >= 0.6 is 0 Å². The molecule has 128 valence electrons. The molecule has 0 aromatic heterocycles. The molecule has 0 aliphatic heterocycles. The molecule has 0 heteroatoms. The molecule has 0 N–H and O–H groups in total. The minimum Gasteiger partial charge on any atom is -0.0616 e. The maximum atomic E-state index is 2.36. The van der Waals surface area contributed by atoms with E-state index in [9.17, 15) is 0 Å². The summed E-state index contributed by atoms with van der Waals surface area (Å²) in [6.45, 7) is 9.24. The molecule has 0 radical (unpaired) electrons. The van der Waals surface area contributed by atoms with E-state index in [1.54, 1.807) is 0 Å². The molecule has 1 aliphatic carbocycles. The molecule has 0 unspecified atom stereocenters. The van der Waals surface area contributed by atoms with Crippen LogP contribution in [-0.2, 0) is 11.8 Å². The fourth-order valence-electron chi connectivity index (χ4n) is 4.82. The molecule has 0 spiro atoms. The Balaban J connectivity index is 1.84. The van der Waals surface area contributed by atoms with E-state index in [-0.39, 0.29) is 5.41 Å². The first-order valence-electron chi connectivity index (χ1n) is 9.52. The van der Waals surface area contributed by atoms with Gasteiger partial charge in [-0.1, -0.05) is 81.4 Å². The van der Waals surface area contributed by atoms with Crippen LogP contribution in [0.3, 0.4) is 0 Å². The van der Waals surface area contributed by atoms with Crippen LogP contribution in [0.2, 0.25) is 0 Å². The van der Waals surface area contributed by atoms with Gasteiger partial charge in [0.05, 0.1) is 0 Å². The molecular weight excluding hydrogens is 312 g/mol. The van der Waals surface area contributed by atoms with E-state index in [2.05, 4.69) is 88.4 Å². The SMILES string of the molecule is Cc1c(C(C)(C)C)ccc2c1Cc1ccc3c(ccc4ccccc43)c1-2. The molecule has 0 saturated heterocycles. The summed E-state index contributed by atoms with van der Waals surface area (Å²) in [7, 11) is 0. The van der Waals surface area contributed by atoms with Crippen molar-refractivity contribution in [2.75, 3.05) is 0 Å². The second-order valence-electron chi connectivity index (χ2n) is 8.67. The molecule has 0 nitrogen and oxygen atoms in total. The number of rotatable bonds is 0. The van der Waals surface area contributed by atoms with Crippen molar-refractivity contribution < 1.29 is 0 Å². The van der Waals surface area contributed by atoms with Crippen molar-refractivity contribution in [1.82, 2.24) is 0 Å². The first-order valence-corrected chi connectivity index (χ1v) is 9.52. The second-order valence-corrected chi connectivity index (χ2v) is 8.67. The zero-order valence-corrected chi connectivity index (χ0v) is 16.0. The van der Waals surface area contributed by atoms with Crippen molar-refractivity contribution in [2.24, 2.45) is 0 Å².